The average molecular weight is 198 g/mol. The summed E-state index contributed by atoms with van der Waals surface area (Å²) in [5, 5.41) is 0. The molecule has 0 aromatic heterocycles. The summed E-state index contributed by atoms with van der Waals surface area (Å²) >= 11 is 0. The van der Waals surface area contributed by atoms with Crippen LogP contribution in [0.25, 0.3) is 0 Å². The zero-order valence-electron chi connectivity index (χ0n) is 8.84. The summed E-state index contributed by atoms with van der Waals surface area (Å²) < 4.78 is 0. The van der Waals surface area contributed by atoms with E-state index in [2.05, 4.69) is 0 Å². The number of carbonyl (C=O) groups is 4. The van der Waals surface area contributed by atoms with Gasteiger partial charge in [-0.1, -0.05) is 0 Å². The van der Waals surface area contributed by atoms with E-state index in [4.69, 9.17) is 0 Å². The summed E-state index contributed by atoms with van der Waals surface area (Å²) in [4.78, 5) is 44.6. The zero-order chi connectivity index (χ0) is 11.5. The van der Waals surface area contributed by atoms with Crippen molar-refractivity contribution in [3.63, 3.8) is 0 Å². The first-order valence-electron chi connectivity index (χ1n) is 4.27. The molecular weight excluding hydrogens is 184 g/mol. The van der Waals surface area contributed by atoms with E-state index >= 15 is 0 Å². The second-order valence-corrected chi connectivity index (χ2v) is 3.54. The normalized spacial score (nSPS) is 10.9. The van der Waals surface area contributed by atoms with Gasteiger partial charge in [0.05, 0.1) is 6.42 Å². The number of hydrogen-bond donors (Lipinski definition) is 0. The molecule has 0 fully saturated rings. The van der Waals surface area contributed by atoms with Crippen LogP contribution < -0.4 is 0 Å². The molecule has 4 heteroatoms. The first kappa shape index (κ1) is 12.7. The van der Waals surface area contributed by atoms with Crippen LogP contribution in [-0.4, -0.2) is 23.1 Å². The van der Waals surface area contributed by atoms with Crippen molar-refractivity contribution in [2.24, 2.45) is 5.41 Å². The predicted octanol–water partition coefficient (Wildman–Crippen LogP) is 0.719. The monoisotopic (exact) mass is 198 g/mol. The Labute approximate surface area is 82.7 Å². The summed E-state index contributed by atoms with van der Waals surface area (Å²) in [6, 6.07) is 0. The molecule has 0 bridgehead atoms. The minimum Gasteiger partial charge on any atom is -0.300 e. The highest BCUT2D eigenvalue weighted by atomic mass is 16.2. The van der Waals surface area contributed by atoms with Crippen LogP contribution in [-0.2, 0) is 19.2 Å². The van der Waals surface area contributed by atoms with Crippen molar-refractivity contribution >= 4 is 23.1 Å². The molecule has 78 valence electrons. The van der Waals surface area contributed by atoms with Gasteiger partial charge in [-0.25, -0.2) is 0 Å². The number of ketones is 4. The highest BCUT2D eigenvalue weighted by molar-refractivity contribution is 6.25. The second kappa shape index (κ2) is 4.26. The average Bonchev–Trinajstić information content (AvgIpc) is 2.00. The largest absolute Gasteiger partial charge is 0.300 e. The molecule has 0 unspecified atom stereocenters. The van der Waals surface area contributed by atoms with Crippen LogP contribution in [0.1, 0.15) is 34.1 Å². The van der Waals surface area contributed by atoms with Crippen molar-refractivity contribution in [2.45, 2.75) is 34.1 Å². The van der Waals surface area contributed by atoms with E-state index < -0.39 is 22.8 Å². The third kappa shape index (κ3) is 2.34. The first-order valence-corrected chi connectivity index (χ1v) is 4.27. The molecule has 0 spiro atoms. The van der Waals surface area contributed by atoms with E-state index in [9.17, 15) is 19.2 Å². The van der Waals surface area contributed by atoms with Crippen LogP contribution in [0.5, 0.6) is 0 Å². The minimum atomic E-state index is -1.65. The van der Waals surface area contributed by atoms with Crippen LogP contribution in [0, 0.1) is 5.41 Å². The van der Waals surface area contributed by atoms with E-state index in [0.717, 1.165) is 0 Å². The van der Waals surface area contributed by atoms with Gasteiger partial charge in [0.25, 0.3) is 0 Å². The fourth-order valence-electron chi connectivity index (χ4n) is 1.04. The van der Waals surface area contributed by atoms with E-state index in [1.54, 1.807) is 0 Å². The van der Waals surface area contributed by atoms with Crippen molar-refractivity contribution in [2.75, 3.05) is 0 Å². The van der Waals surface area contributed by atoms with Crippen LogP contribution in [0.3, 0.4) is 0 Å². The van der Waals surface area contributed by atoms with Crippen LogP contribution in [0.15, 0.2) is 0 Å². The topological polar surface area (TPSA) is 68.3 Å². The minimum absolute atomic E-state index is 0.344. The van der Waals surface area contributed by atoms with Gasteiger partial charge in [-0.05, 0) is 27.7 Å². The van der Waals surface area contributed by atoms with Gasteiger partial charge in [0.1, 0.15) is 11.2 Å². The highest BCUT2D eigenvalue weighted by Gasteiger charge is 2.42. The molecule has 0 N–H and O–H groups in total. The molecule has 0 heterocycles. The maximum atomic E-state index is 11.5. The Bertz CT molecular complexity index is 287. The lowest BCUT2D eigenvalue weighted by atomic mass is 9.77. The highest BCUT2D eigenvalue weighted by Crippen LogP contribution is 2.22. The molecule has 14 heavy (non-hydrogen) atoms. The summed E-state index contributed by atoms with van der Waals surface area (Å²) in [5.41, 5.74) is -1.65. The second-order valence-electron chi connectivity index (χ2n) is 3.54. The molecular formula is C10H14O4. The quantitative estimate of drug-likeness (QED) is 0.610. The van der Waals surface area contributed by atoms with Gasteiger partial charge in [-0.3, -0.25) is 19.2 Å². The van der Waals surface area contributed by atoms with Crippen molar-refractivity contribution in [1.82, 2.24) is 0 Å². The molecule has 0 amide bonds. The summed E-state index contributed by atoms with van der Waals surface area (Å²) in [7, 11) is 0. The predicted molar refractivity (Wildman–Crippen MR) is 49.8 cm³/mol. The standard InChI is InChI=1S/C10H14O4/c1-6(11)5-9(14)10(4,7(2)12)8(3)13/h5H2,1-4H3. The summed E-state index contributed by atoms with van der Waals surface area (Å²) in [6.45, 7) is 4.88. The zero-order valence-corrected chi connectivity index (χ0v) is 8.84. The maximum absolute atomic E-state index is 11.5. The number of rotatable bonds is 5. The van der Waals surface area contributed by atoms with Crippen LogP contribution in [0.2, 0.25) is 0 Å². The molecule has 0 saturated heterocycles. The summed E-state index contributed by atoms with van der Waals surface area (Å²) in [6.07, 6.45) is -0.365. The third-order valence-corrected chi connectivity index (χ3v) is 2.38. The molecule has 0 aromatic carbocycles. The molecule has 0 saturated carbocycles. The van der Waals surface area contributed by atoms with Gasteiger partial charge in [0.2, 0.25) is 0 Å². The number of hydrogen-bond acceptors (Lipinski definition) is 4. The van der Waals surface area contributed by atoms with Crippen LogP contribution >= 0.6 is 0 Å². The molecule has 0 aliphatic rings. The fourth-order valence-corrected chi connectivity index (χ4v) is 1.04. The molecule has 0 rings (SSSR count). The smallest absolute Gasteiger partial charge is 0.160 e. The fraction of sp³-hybridized carbons (Fsp3) is 0.600. The Morgan fingerprint density at radius 1 is 0.929 bits per heavy atom. The van der Waals surface area contributed by atoms with Gasteiger partial charge < -0.3 is 0 Å². The Morgan fingerprint density at radius 3 is 1.50 bits per heavy atom. The van der Waals surface area contributed by atoms with Gasteiger partial charge >= 0.3 is 0 Å². The molecule has 0 atom stereocenters. The lowest BCUT2D eigenvalue weighted by Gasteiger charge is -2.20. The number of carbonyl (C=O) groups excluding carboxylic acids is 4. The molecule has 0 aliphatic heterocycles. The Balaban J connectivity index is 5.03. The van der Waals surface area contributed by atoms with Crippen molar-refractivity contribution in [3.8, 4) is 0 Å². The van der Waals surface area contributed by atoms with E-state index in [0.29, 0.717) is 0 Å². The van der Waals surface area contributed by atoms with Crippen molar-refractivity contribution in [1.29, 1.82) is 0 Å². The first-order chi connectivity index (χ1) is 6.22. The third-order valence-electron chi connectivity index (χ3n) is 2.38. The van der Waals surface area contributed by atoms with Gasteiger partial charge in [-0.15, -0.1) is 0 Å². The Morgan fingerprint density at radius 2 is 1.29 bits per heavy atom. The van der Waals surface area contributed by atoms with E-state index in [1.165, 1.54) is 27.7 Å². The van der Waals surface area contributed by atoms with E-state index in [-0.39, 0.29) is 12.2 Å². The van der Waals surface area contributed by atoms with Crippen molar-refractivity contribution < 1.29 is 19.2 Å². The lowest BCUT2D eigenvalue weighted by molar-refractivity contribution is -0.146. The lowest BCUT2D eigenvalue weighted by Crippen LogP contribution is -2.42. The van der Waals surface area contributed by atoms with Crippen molar-refractivity contribution in [3.05, 3.63) is 0 Å². The van der Waals surface area contributed by atoms with Crippen LogP contribution in [0.4, 0.5) is 0 Å². The van der Waals surface area contributed by atoms with Gasteiger partial charge in [0, 0.05) is 0 Å². The van der Waals surface area contributed by atoms with Gasteiger partial charge in [0.15, 0.2) is 17.3 Å². The Kier molecular flexibility index (Phi) is 3.86. The maximum Gasteiger partial charge on any atom is 0.160 e. The molecule has 0 aliphatic carbocycles. The number of Topliss-reactive ketones (excluding diaryl/α,β-unsaturated/α-hetero) is 4. The molecule has 0 radical (unpaired) electrons. The van der Waals surface area contributed by atoms with Gasteiger partial charge in [-0.2, -0.15) is 0 Å². The molecule has 0 aromatic rings. The molecule has 4 nitrogen and oxygen atoms in total. The SMILES string of the molecule is CC(=O)CC(=O)C(C)(C(C)=O)C(C)=O. The Hall–Kier alpha value is -1.32. The summed E-state index contributed by atoms with van der Waals surface area (Å²) in [5.74, 6) is -2.00. The van der Waals surface area contributed by atoms with E-state index in [1.807, 2.05) is 0 Å².